The van der Waals surface area contributed by atoms with E-state index >= 15 is 0 Å². The fourth-order valence-corrected chi connectivity index (χ4v) is 6.64. The lowest BCUT2D eigenvalue weighted by atomic mass is 9.70. The predicted molar refractivity (Wildman–Crippen MR) is 157 cm³/mol. The molecule has 0 aromatic carbocycles. The molecule has 3 aliphatic carbocycles. The Bertz CT molecular complexity index is 1100. The Morgan fingerprint density at radius 1 is 0.791 bits per heavy atom. The van der Waals surface area contributed by atoms with Gasteiger partial charge in [-0.25, -0.2) is 19.2 Å². The molecule has 10 nitrogen and oxygen atoms in total. The molecule has 0 aliphatic heterocycles. The highest BCUT2D eigenvalue weighted by Crippen LogP contribution is 2.58. The summed E-state index contributed by atoms with van der Waals surface area (Å²) in [6.07, 6.45) is 6.35. The number of carbonyl (C=O) groups excluding carboxylic acids is 4. The van der Waals surface area contributed by atoms with E-state index in [1.54, 1.807) is 13.8 Å². The number of fused-ring (bicyclic) bond motifs is 5. The molecular weight excluding hydrogens is 556 g/mol. The summed E-state index contributed by atoms with van der Waals surface area (Å²) in [5.41, 5.74) is 0.106. The molecule has 3 saturated carbocycles. The maximum atomic E-state index is 11.9. The van der Waals surface area contributed by atoms with Gasteiger partial charge in [0.2, 0.25) is 0 Å². The molecule has 3 rings (SSSR count). The van der Waals surface area contributed by atoms with Crippen molar-refractivity contribution in [3.05, 3.63) is 49.6 Å². The predicted octanol–water partition coefficient (Wildman–Crippen LogP) is 4.43. The van der Waals surface area contributed by atoms with Gasteiger partial charge in [-0.05, 0) is 83.0 Å². The maximum absolute atomic E-state index is 11.9. The third kappa shape index (κ3) is 9.89. The molecule has 0 heterocycles. The van der Waals surface area contributed by atoms with Crippen molar-refractivity contribution >= 4 is 23.9 Å². The number of esters is 4. The molecule has 0 spiro atoms. The van der Waals surface area contributed by atoms with Crippen LogP contribution in [-0.4, -0.2) is 74.2 Å². The second-order valence-corrected chi connectivity index (χ2v) is 12.3. The Balaban J connectivity index is 1.56. The van der Waals surface area contributed by atoms with Crippen molar-refractivity contribution in [2.24, 2.45) is 23.7 Å². The number of carbonyl (C=O) groups is 4. The van der Waals surface area contributed by atoms with Crippen LogP contribution in [-0.2, 0) is 47.6 Å². The summed E-state index contributed by atoms with van der Waals surface area (Å²) in [7, 11) is 0. The van der Waals surface area contributed by atoms with E-state index in [1.165, 1.54) is 0 Å². The Labute approximate surface area is 254 Å². The van der Waals surface area contributed by atoms with Crippen LogP contribution in [0.3, 0.4) is 0 Å². The van der Waals surface area contributed by atoms with Crippen LogP contribution in [0, 0.1) is 23.7 Å². The van der Waals surface area contributed by atoms with Gasteiger partial charge in [0.25, 0.3) is 0 Å². The van der Waals surface area contributed by atoms with Crippen molar-refractivity contribution in [2.75, 3.05) is 26.4 Å². The molecule has 10 heteroatoms. The lowest BCUT2D eigenvalue weighted by Crippen LogP contribution is -2.42. The molecule has 0 N–H and O–H groups in total. The highest BCUT2D eigenvalue weighted by Gasteiger charge is 2.52. The third-order valence-corrected chi connectivity index (χ3v) is 8.70. The van der Waals surface area contributed by atoms with Crippen LogP contribution >= 0.6 is 0 Å². The minimum atomic E-state index is -0.762. The fourth-order valence-electron chi connectivity index (χ4n) is 6.64. The van der Waals surface area contributed by atoms with Gasteiger partial charge in [-0.3, -0.25) is 0 Å². The highest BCUT2D eigenvalue weighted by atomic mass is 16.6. The average Bonchev–Trinajstić information content (AvgIpc) is 3.22. The summed E-state index contributed by atoms with van der Waals surface area (Å²) >= 11 is 0. The number of hydrogen-bond acceptors (Lipinski definition) is 10. The molecule has 0 aromatic heterocycles. The summed E-state index contributed by atoms with van der Waals surface area (Å²) in [5.74, 6) is -0.271. The second kappa shape index (κ2) is 15.5. The van der Waals surface area contributed by atoms with E-state index in [9.17, 15) is 19.2 Å². The number of hydrogen-bond donors (Lipinski definition) is 0. The largest absolute Gasteiger partial charge is 0.458 e. The summed E-state index contributed by atoms with van der Waals surface area (Å²) in [4.78, 5) is 47.4. The SMILES string of the molecule is C=CC(=O)OC(COC(=O)C(=C)C)COC1CC2CC(C1)C1CC(C)(OCC(COC(=O)C(=C)C)OC(=O)C=C)CCC21. The maximum Gasteiger partial charge on any atom is 0.333 e. The highest BCUT2D eigenvalue weighted by molar-refractivity contribution is 5.87. The first-order chi connectivity index (χ1) is 20.3. The second-order valence-electron chi connectivity index (χ2n) is 12.3. The van der Waals surface area contributed by atoms with Crippen LogP contribution < -0.4 is 0 Å². The Kier molecular flexibility index (Phi) is 12.3. The quantitative estimate of drug-likeness (QED) is 0.142. The molecule has 238 valence electrons. The van der Waals surface area contributed by atoms with E-state index in [-0.39, 0.29) is 43.7 Å². The molecule has 43 heavy (non-hydrogen) atoms. The van der Waals surface area contributed by atoms with Crippen molar-refractivity contribution in [1.82, 2.24) is 0 Å². The minimum Gasteiger partial charge on any atom is -0.458 e. The Morgan fingerprint density at radius 2 is 1.30 bits per heavy atom. The molecule has 0 radical (unpaired) electrons. The van der Waals surface area contributed by atoms with Gasteiger partial charge >= 0.3 is 23.9 Å². The van der Waals surface area contributed by atoms with Gasteiger partial charge in [-0.1, -0.05) is 26.3 Å². The molecule has 8 unspecified atom stereocenters. The smallest absolute Gasteiger partial charge is 0.333 e. The van der Waals surface area contributed by atoms with Gasteiger partial charge in [0, 0.05) is 23.3 Å². The molecule has 2 bridgehead atoms. The van der Waals surface area contributed by atoms with Crippen LogP contribution in [0.5, 0.6) is 0 Å². The van der Waals surface area contributed by atoms with Crippen molar-refractivity contribution in [1.29, 1.82) is 0 Å². The first-order valence-corrected chi connectivity index (χ1v) is 14.9. The van der Waals surface area contributed by atoms with Crippen molar-refractivity contribution in [2.45, 2.75) is 83.2 Å². The number of ether oxygens (including phenoxy) is 6. The summed E-state index contributed by atoms with van der Waals surface area (Å²) < 4.78 is 33.8. The van der Waals surface area contributed by atoms with Crippen molar-refractivity contribution in [3.8, 4) is 0 Å². The molecule has 3 aliphatic rings. The zero-order valence-electron chi connectivity index (χ0n) is 25.7. The molecule has 3 fully saturated rings. The average molecular weight is 603 g/mol. The zero-order chi connectivity index (χ0) is 31.7. The van der Waals surface area contributed by atoms with Crippen LogP contribution in [0.1, 0.15) is 59.3 Å². The van der Waals surface area contributed by atoms with Crippen molar-refractivity contribution in [3.63, 3.8) is 0 Å². The third-order valence-electron chi connectivity index (χ3n) is 8.70. The normalized spacial score (nSPS) is 28.8. The first kappa shape index (κ1) is 34.3. The van der Waals surface area contributed by atoms with Gasteiger partial charge in [0.15, 0.2) is 12.2 Å². The monoisotopic (exact) mass is 602 g/mol. The lowest BCUT2D eigenvalue weighted by molar-refractivity contribution is -0.165. The molecule has 0 saturated heterocycles. The zero-order valence-corrected chi connectivity index (χ0v) is 25.7. The fraction of sp³-hybridized carbons (Fsp3) is 0.636. The van der Waals surface area contributed by atoms with Crippen LogP contribution in [0.25, 0.3) is 0 Å². The van der Waals surface area contributed by atoms with Gasteiger partial charge in [0.1, 0.15) is 13.2 Å². The molecule has 0 aromatic rings. The van der Waals surface area contributed by atoms with E-state index in [4.69, 9.17) is 28.4 Å². The van der Waals surface area contributed by atoms with Crippen LogP contribution in [0.4, 0.5) is 0 Å². The van der Waals surface area contributed by atoms with Crippen LogP contribution in [0.2, 0.25) is 0 Å². The molecule has 8 atom stereocenters. The van der Waals surface area contributed by atoms with E-state index in [0.717, 1.165) is 50.7 Å². The van der Waals surface area contributed by atoms with Gasteiger partial charge in [-0.2, -0.15) is 0 Å². The van der Waals surface area contributed by atoms with E-state index in [2.05, 4.69) is 33.2 Å². The van der Waals surface area contributed by atoms with E-state index < -0.39 is 41.7 Å². The van der Waals surface area contributed by atoms with Crippen LogP contribution in [0.15, 0.2) is 49.6 Å². The topological polar surface area (TPSA) is 124 Å². The number of rotatable bonds is 16. The standard InChI is InChI=1S/C33H46O10/c1-8-29(34)42-25(17-39-31(36)20(3)4)16-38-24-13-22-12-23(14-24)28-15-33(7,11-10-27(22)28)41-19-26(43-30(35)9-2)18-40-32(37)21(5)6/h8-9,22-28H,1-3,5,10-19H2,4,6-7H3. The van der Waals surface area contributed by atoms with Crippen molar-refractivity contribution < 1.29 is 47.6 Å². The first-order valence-electron chi connectivity index (χ1n) is 14.9. The van der Waals surface area contributed by atoms with E-state index in [0.29, 0.717) is 23.7 Å². The molecular formula is C33H46O10. The Hall–Kier alpha value is -3.24. The lowest BCUT2D eigenvalue weighted by Gasteiger charge is -2.42. The summed E-state index contributed by atoms with van der Waals surface area (Å²) in [6.45, 7) is 19.2. The molecule has 0 amide bonds. The van der Waals surface area contributed by atoms with Gasteiger partial charge < -0.3 is 28.4 Å². The summed E-state index contributed by atoms with van der Waals surface area (Å²) in [6, 6.07) is 0. The minimum absolute atomic E-state index is 0.00833. The Morgan fingerprint density at radius 3 is 1.81 bits per heavy atom. The van der Waals surface area contributed by atoms with E-state index in [1.807, 2.05) is 0 Å². The van der Waals surface area contributed by atoms with Gasteiger partial charge in [0.05, 0.1) is 24.9 Å². The van der Waals surface area contributed by atoms with Gasteiger partial charge in [-0.15, -0.1) is 0 Å². The summed E-state index contributed by atoms with van der Waals surface area (Å²) in [5, 5.41) is 0.